The van der Waals surface area contributed by atoms with Crippen LogP contribution in [-0.2, 0) is 0 Å². The van der Waals surface area contributed by atoms with Crippen molar-refractivity contribution in [3.05, 3.63) is 41.8 Å². The minimum Gasteiger partial charge on any atom is -0.318 e. The van der Waals surface area contributed by atoms with Crippen molar-refractivity contribution >= 4 is 28.1 Å². The molecule has 20 heavy (non-hydrogen) atoms. The summed E-state index contributed by atoms with van der Waals surface area (Å²) >= 11 is 0. The van der Waals surface area contributed by atoms with Crippen LogP contribution in [-0.4, -0.2) is 17.3 Å². The summed E-state index contributed by atoms with van der Waals surface area (Å²) < 4.78 is 0. The van der Waals surface area contributed by atoms with Gasteiger partial charge in [-0.15, -0.1) is 5.22 Å². The lowest BCUT2D eigenvalue weighted by molar-refractivity contribution is -0.534. The van der Waals surface area contributed by atoms with Gasteiger partial charge in [0.15, 0.2) is 0 Å². The van der Waals surface area contributed by atoms with Crippen molar-refractivity contribution in [2.24, 2.45) is 10.2 Å². The quantitative estimate of drug-likeness (QED) is 0.769. The molecule has 5 heteroatoms. The van der Waals surface area contributed by atoms with Gasteiger partial charge in [-0.2, -0.15) is 10.2 Å². The van der Waals surface area contributed by atoms with E-state index in [-0.39, 0.29) is 0 Å². The maximum atomic E-state index is 4.62. The van der Waals surface area contributed by atoms with Crippen LogP contribution in [0.15, 0.2) is 46.6 Å². The fourth-order valence-electron chi connectivity index (χ4n) is 2.61. The first-order valence-electron chi connectivity index (χ1n) is 6.98. The number of guanidine groups is 1. The molecule has 4 rings (SSSR count). The number of unbranched alkanes of at least 4 members (excludes halogenated alkanes) is 1. The fourth-order valence-corrected chi connectivity index (χ4v) is 2.61. The number of benzene rings is 2. The van der Waals surface area contributed by atoms with Crippen LogP contribution in [0.1, 0.15) is 19.8 Å². The average Bonchev–Trinajstić information content (AvgIpc) is 2.89. The van der Waals surface area contributed by atoms with Gasteiger partial charge in [-0.3, -0.25) is 5.01 Å². The van der Waals surface area contributed by atoms with Gasteiger partial charge in [-0.25, -0.2) is 0 Å². The molecule has 0 radical (unpaired) electrons. The monoisotopic (exact) mass is 265 g/mol. The molecule has 0 saturated carbocycles. The molecule has 2 aromatic rings. The van der Waals surface area contributed by atoms with Crippen molar-refractivity contribution in [2.45, 2.75) is 19.8 Å². The number of fused-ring (bicyclic) bond motifs is 2. The second-order valence-corrected chi connectivity index (χ2v) is 5.01. The van der Waals surface area contributed by atoms with Crippen LogP contribution in [0.3, 0.4) is 0 Å². The molecule has 0 unspecified atom stereocenters. The Labute approximate surface area is 117 Å². The lowest BCUT2D eigenvalue weighted by atomic mass is 10.1. The second kappa shape index (κ2) is 4.30. The van der Waals surface area contributed by atoms with Crippen LogP contribution in [0.2, 0.25) is 0 Å². The van der Waals surface area contributed by atoms with E-state index >= 15 is 0 Å². The van der Waals surface area contributed by atoms with Crippen LogP contribution in [0, 0.1) is 0 Å². The van der Waals surface area contributed by atoms with Crippen molar-refractivity contribution in [2.75, 3.05) is 11.6 Å². The summed E-state index contributed by atoms with van der Waals surface area (Å²) in [7, 11) is 0. The molecule has 2 aromatic carbocycles. The molecular formula is C15H15N5. The Bertz CT molecular complexity index is 742. The van der Waals surface area contributed by atoms with E-state index in [0.29, 0.717) is 5.96 Å². The van der Waals surface area contributed by atoms with E-state index in [1.54, 1.807) is 4.81 Å². The lowest BCUT2D eigenvalue weighted by Crippen LogP contribution is -2.21. The Balaban J connectivity index is 1.84. The summed E-state index contributed by atoms with van der Waals surface area (Å²) in [6.07, 6.45) is 2.20. The van der Waals surface area contributed by atoms with Gasteiger partial charge < -0.3 is 4.99 Å². The summed E-state index contributed by atoms with van der Waals surface area (Å²) in [4.78, 5) is 6.37. The molecule has 0 saturated heterocycles. The molecule has 0 atom stereocenters. The van der Waals surface area contributed by atoms with Gasteiger partial charge in [0, 0.05) is 16.8 Å². The minimum absolute atomic E-state index is 0.660. The van der Waals surface area contributed by atoms with E-state index in [2.05, 4.69) is 46.8 Å². The predicted molar refractivity (Wildman–Crippen MR) is 79.3 cm³/mol. The molecule has 0 fully saturated rings. The second-order valence-electron chi connectivity index (χ2n) is 5.01. The van der Waals surface area contributed by atoms with Gasteiger partial charge in [-0.05, 0) is 23.9 Å². The van der Waals surface area contributed by atoms with Crippen molar-refractivity contribution in [1.29, 1.82) is 0 Å². The number of nitrogens with zero attached hydrogens (tertiary/aromatic N) is 5. The van der Waals surface area contributed by atoms with Crippen LogP contribution < -0.4 is 5.01 Å². The Hall–Kier alpha value is -2.43. The maximum absolute atomic E-state index is 4.62. The zero-order valence-corrected chi connectivity index (χ0v) is 11.3. The summed E-state index contributed by atoms with van der Waals surface area (Å²) in [6, 6.07) is 12.4. The highest BCUT2D eigenvalue weighted by Crippen LogP contribution is 2.40. The smallest absolute Gasteiger partial charge is 0.128 e. The summed E-state index contributed by atoms with van der Waals surface area (Å²) in [6.45, 7) is 3.00. The Morgan fingerprint density at radius 2 is 2.05 bits per heavy atom. The minimum atomic E-state index is 0.660. The number of rotatable bonds is 3. The molecule has 100 valence electrons. The third-order valence-corrected chi connectivity index (χ3v) is 3.61. The fraction of sp³-hybridized carbons (Fsp3) is 0.267. The van der Waals surface area contributed by atoms with Crippen molar-refractivity contribution < 1.29 is 4.81 Å². The van der Waals surface area contributed by atoms with Gasteiger partial charge in [0.25, 0.3) is 0 Å². The van der Waals surface area contributed by atoms with E-state index in [4.69, 9.17) is 0 Å². The Kier molecular flexibility index (Phi) is 2.45. The van der Waals surface area contributed by atoms with Crippen LogP contribution >= 0.6 is 0 Å². The van der Waals surface area contributed by atoms with E-state index in [1.165, 1.54) is 5.39 Å². The number of hydrogen-bond acceptors (Lipinski definition) is 3. The van der Waals surface area contributed by atoms with Crippen molar-refractivity contribution in [3.8, 4) is 0 Å². The van der Waals surface area contributed by atoms with E-state index in [9.17, 15) is 0 Å². The maximum Gasteiger partial charge on any atom is 0.128 e. The first-order valence-corrected chi connectivity index (χ1v) is 6.98. The highest BCUT2D eigenvalue weighted by Gasteiger charge is 2.22. The van der Waals surface area contributed by atoms with Crippen LogP contribution in [0.4, 0.5) is 11.4 Å². The molecule has 0 aromatic heterocycles. The first-order chi connectivity index (χ1) is 9.86. The topological polar surface area (TPSA) is 45.1 Å². The first kappa shape index (κ1) is 11.4. The van der Waals surface area contributed by atoms with E-state index in [1.807, 2.05) is 17.1 Å². The van der Waals surface area contributed by atoms with Gasteiger partial charge in [0.2, 0.25) is 0 Å². The SMILES string of the molecule is CCCC[N+]1=NN2C(=Nc3cccc4cccc2c34)[N-]1. The van der Waals surface area contributed by atoms with Crippen molar-refractivity contribution in [1.82, 2.24) is 0 Å². The number of hydrogen-bond donors (Lipinski definition) is 0. The third-order valence-electron chi connectivity index (χ3n) is 3.61. The number of aliphatic imine (C=N–C) groups is 1. The normalized spacial score (nSPS) is 15.8. The lowest BCUT2D eigenvalue weighted by Gasteiger charge is -2.26. The summed E-state index contributed by atoms with van der Waals surface area (Å²) in [5, 5.41) is 8.71. The molecular weight excluding hydrogens is 250 g/mol. The largest absolute Gasteiger partial charge is 0.318 e. The highest BCUT2D eigenvalue weighted by molar-refractivity contribution is 6.17. The average molecular weight is 265 g/mol. The van der Waals surface area contributed by atoms with Gasteiger partial charge in [-0.1, -0.05) is 37.6 Å². The predicted octanol–water partition coefficient (Wildman–Crippen LogP) is 4.13. The Morgan fingerprint density at radius 3 is 2.90 bits per heavy atom. The molecule has 0 aliphatic carbocycles. The zero-order chi connectivity index (χ0) is 13.5. The standard InChI is InChI=1S/C15H15N5/c1-2-3-10-19-17-15-16-12-8-4-6-11-7-5-9-13(14(11)12)20(15)18-19/h4-9H,2-3,10H2,1H3. The molecule has 2 heterocycles. The molecule has 2 aliphatic rings. The van der Waals surface area contributed by atoms with Gasteiger partial charge in [0.05, 0.1) is 0 Å². The van der Waals surface area contributed by atoms with Gasteiger partial charge in [0.1, 0.15) is 12.5 Å². The zero-order valence-electron chi connectivity index (χ0n) is 11.3. The highest BCUT2D eigenvalue weighted by atomic mass is 15.8. The van der Waals surface area contributed by atoms with Crippen LogP contribution in [0.25, 0.3) is 16.2 Å². The molecule has 0 bridgehead atoms. The molecule has 0 N–H and O–H groups in total. The molecule has 5 nitrogen and oxygen atoms in total. The van der Waals surface area contributed by atoms with Gasteiger partial charge >= 0.3 is 0 Å². The third kappa shape index (κ3) is 1.59. The van der Waals surface area contributed by atoms with E-state index in [0.717, 1.165) is 36.1 Å². The molecule has 0 amide bonds. The molecule has 0 spiro atoms. The van der Waals surface area contributed by atoms with Crippen LogP contribution in [0.5, 0.6) is 0 Å². The molecule has 2 aliphatic heterocycles. The summed E-state index contributed by atoms with van der Waals surface area (Å²) in [5.41, 5.74) is 6.51. The number of anilines is 1. The van der Waals surface area contributed by atoms with E-state index < -0.39 is 0 Å². The van der Waals surface area contributed by atoms with Crippen molar-refractivity contribution in [3.63, 3.8) is 0 Å². The Morgan fingerprint density at radius 1 is 1.20 bits per heavy atom. The summed E-state index contributed by atoms with van der Waals surface area (Å²) in [5.74, 6) is 0.660.